The van der Waals surface area contributed by atoms with Crippen molar-refractivity contribution in [3.63, 3.8) is 0 Å². The third kappa shape index (κ3) is 8.60. The molecule has 2 atom stereocenters. The molecule has 0 heterocycles. The first-order chi connectivity index (χ1) is 15.2. The van der Waals surface area contributed by atoms with E-state index < -0.39 is 12.5 Å². The topological polar surface area (TPSA) is 57.3 Å². The molecule has 0 fully saturated rings. The summed E-state index contributed by atoms with van der Waals surface area (Å²) in [6, 6.07) is 12.3. The fourth-order valence-corrected chi connectivity index (χ4v) is 3.23. The molecule has 5 nitrogen and oxygen atoms in total. The number of hydrogen-bond acceptors (Lipinski definition) is 4. The molecule has 0 N–H and O–H groups in total. The Morgan fingerprint density at radius 1 is 0.750 bits per heavy atom. The van der Waals surface area contributed by atoms with Crippen molar-refractivity contribution in [1.29, 1.82) is 0 Å². The maximum atomic E-state index is 5.61. The predicted octanol–water partition coefficient (Wildman–Crippen LogP) is 7.50. The molecule has 0 saturated heterocycles. The molecule has 0 spiro atoms. The van der Waals surface area contributed by atoms with Crippen molar-refractivity contribution < 1.29 is 22.6 Å². The molecule has 177 valence electrons. The first kappa shape index (κ1) is 28.8. The summed E-state index contributed by atoms with van der Waals surface area (Å²) in [5, 5.41) is 4.72. The van der Waals surface area contributed by atoms with Gasteiger partial charge < -0.3 is 14.8 Å². The molecule has 8 heteroatoms. The third-order valence-electron chi connectivity index (χ3n) is 4.89. The quantitative estimate of drug-likeness (QED) is 0.267. The van der Waals surface area contributed by atoms with Gasteiger partial charge in [-0.05, 0) is 63.8 Å². The fourth-order valence-electron chi connectivity index (χ4n) is 3.23. The molecule has 0 aliphatic rings. The summed E-state index contributed by atoms with van der Waals surface area (Å²) in [6.45, 7) is 12.1. The average molecular weight is 521 g/mol. The number of nitrogens with zero attached hydrogens (tertiary/aromatic N) is 3. The van der Waals surface area contributed by atoms with Crippen molar-refractivity contribution in [3.05, 3.63) is 64.0 Å². The molecule has 0 aliphatic heterocycles. The van der Waals surface area contributed by atoms with Gasteiger partial charge >= 0.3 is 33.3 Å². The number of aryl methyl sites for hydroxylation is 4. The summed E-state index contributed by atoms with van der Waals surface area (Å²) in [5.41, 5.74) is 7.93. The first-order valence-electron chi connectivity index (χ1n) is 10.0. The predicted molar refractivity (Wildman–Crippen MR) is 134 cm³/mol. The second-order valence-corrected chi connectivity index (χ2v) is 9.19. The molecule has 2 aromatic carbocycles. The number of benzene rings is 2. The van der Waals surface area contributed by atoms with E-state index in [0.29, 0.717) is 0 Å². The van der Waals surface area contributed by atoms with Crippen molar-refractivity contribution in [3.8, 4) is 0 Å². The Kier molecular flexibility index (Phi) is 13.3. The molecule has 0 saturated carbocycles. The number of hydrogen-bond donors (Lipinski definition) is 0. The van der Waals surface area contributed by atoms with Crippen LogP contribution in [0.1, 0.15) is 36.1 Å². The van der Waals surface area contributed by atoms with E-state index in [9.17, 15) is 0 Å². The van der Waals surface area contributed by atoms with Crippen molar-refractivity contribution in [2.75, 3.05) is 14.2 Å². The van der Waals surface area contributed by atoms with Gasteiger partial charge in [0.15, 0.2) is 0 Å². The van der Waals surface area contributed by atoms with Crippen LogP contribution in [0.15, 0.2) is 46.4 Å². The molecule has 0 aliphatic carbocycles. The van der Waals surface area contributed by atoms with Crippen LogP contribution in [-0.4, -0.2) is 38.1 Å². The minimum atomic E-state index is -0.526. The Morgan fingerprint density at radius 2 is 1.03 bits per heavy atom. The molecule has 0 bridgehead atoms. The van der Waals surface area contributed by atoms with Crippen LogP contribution in [0.2, 0.25) is 0 Å². The van der Waals surface area contributed by atoms with E-state index in [-0.39, 0.29) is 13.1 Å². The Balaban J connectivity index is 0.00000161. The average Bonchev–Trinajstić information content (AvgIpc) is 2.74. The van der Waals surface area contributed by atoms with Crippen LogP contribution >= 0.6 is 20.2 Å². The van der Waals surface area contributed by atoms with E-state index in [1.165, 1.54) is 0 Å². The zero-order valence-electron chi connectivity index (χ0n) is 19.9. The van der Waals surface area contributed by atoms with Crippen molar-refractivity contribution in [2.24, 2.45) is 9.98 Å². The number of halogens is 2. The number of rotatable bonds is 8. The molecular weight excluding hydrogens is 489 g/mol. The second-order valence-electron chi connectivity index (χ2n) is 7.36. The standard InChI is InChI=1S/C24H32N3O2.2ClH.Fe/c1-15-11-9-12-16(2)21(15)25-19(5)23(28-7)27-24(29-8)20(6)26-22-17(3)13-10-14-18(22)4;;;/h9-14,23-24H,1-8H3;2*1H;/q-1;;;+3/p-2. The van der Waals surface area contributed by atoms with Crippen LogP contribution in [0.5, 0.6) is 0 Å². The monoisotopic (exact) mass is 520 g/mol. The van der Waals surface area contributed by atoms with E-state index in [1.54, 1.807) is 14.2 Å². The number of para-hydroxylation sites is 2. The Bertz CT molecular complexity index is 821. The number of aliphatic imine (C=N–C) groups is 2. The van der Waals surface area contributed by atoms with E-state index in [4.69, 9.17) is 45.0 Å². The van der Waals surface area contributed by atoms with Gasteiger partial charge in [0.05, 0.1) is 11.4 Å². The van der Waals surface area contributed by atoms with E-state index >= 15 is 0 Å². The van der Waals surface area contributed by atoms with Crippen LogP contribution in [-0.2, 0) is 22.6 Å². The maximum absolute atomic E-state index is 5.61. The summed E-state index contributed by atoms with van der Waals surface area (Å²) in [6.07, 6.45) is -1.05. The normalized spacial score (nSPS) is 13.9. The van der Waals surface area contributed by atoms with Crippen LogP contribution in [0, 0.1) is 27.7 Å². The van der Waals surface area contributed by atoms with Gasteiger partial charge in [-0.15, -0.1) is 0 Å². The Hall–Kier alpha value is -1.24. The van der Waals surface area contributed by atoms with Gasteiger partial charge in [0, 0.05) is 38.1 Å². The van der Waals surface area contributed by atoms with Crippen LogP contribution in [0.4, 0.5) is 11.4 Å². The van der Waals surface area contributed by atoms with Crippen LogP contribution in [0.25, 0.3) is 5.32 Å². The van der Waals surface area contributed by atoms with Crippen molar-refractivity contribution in [1.82, 2.24) is 0 Å². The Morgan fingerprint density at radius 3 is 1.28 bits per heavy atom. The third-order valence-corrected chi connectivity index (χ3v) is 4.89. The van der Waals surface area contributed by atoms with Gasteiger partial charge in [-0.3, -0.25) is 9.98 Å². The molecule has 0 amide bonds. The first-order valence-corrected chi connectivity index (χ1v) is 13.1. The number of ether oxygens (including phenoxy) is 2. The van der Waals surface area contributed by atoms with Crippen LogP contribution < -0.4 is 0 Å². The summed E-state index contributed by atoms with van der Waals surface area (Å²) in [7, 11) is 12.8. The number of methoxy groups -OCH3 is 2. The molecule has 32 heavy (non-hydrogen) atoms. The molecular formula is C24H32Cl2FeN3O2. The molecule has 2 unspecified atom stereocenters. The van der Waals surface area contributed by atoms with Crippen molar-refractivity contribution in [2.45, 2.75) is 54.0 Å². The summed E-state index contributed by atoms with van der Waals surface area (Å²) in [5.74, 6) is 0. The van der Waals surface area contributed by atoms with Crippen molar-refractivity contribution >= 4 is 43.0 Å². The van der Waals surface area contributed by atoms with Gasteiger partial charge in [-0.1, -0.05) is 36.4 Å². The zero-order valence-corrected chi connectivity index (χ0v) is 22.5. The zero-order chi connectivity index (χ0) is 24.3. The van der Waals surface area contributed by atoms with Gasteiger partial charge in [0.25, 0.3) is 0 Å². The van der Waals surface area contributed by atoms with Gasteiger partial charge in [-0.2, -0.15) is 0 Å². The molecule has 2 rings (SSSR count). The van der Waals surface area contributed by atoms with E-state index in [0.717, 1.165) is 45.1 Å². The SMILES string of the molecule is COC([N-]C(OC)C(C)=Nc1c(C)cccc1C)C(C)=Nc1c(C)cccc1C.[Cl][Fe+][Cl]. The van der Waals surface area contributed by atoms with Gasteiger partial charge in [0.2, 0.25) is 0 Å². The summed E-state index contributed by atoms with van der Waals surface area (Å²) >= 11 is 0.194. The Labute approximate surface area is 207 Å². The van der Waals surface area contributed by atoms with Gasteiger partial charge in [0.1, 0.15) is 0 Å². The molecule has 2 aromatic rings. The summed E-state index contributed by atoms with van der Waals surface area (Å²) < 4.78 is 11.2. The van der Waals surface area contributed by atoms with E-state index in [2.05, 4.69) is 52.0 Å². The van der Waals surface area contributed by atoms with E-state index in [1.807, 2.05) is 26.0 Å². The second kappa shape index (κ2) is 14.8. The fraction of sp³-hybridized carbons (Fsp3) is 0.417. The van der Waals surface area contributed by atoms with Crippen LogP contribution in [0.3, 0.4) is 0 Å². The van der Waals surface area contributed by atoms with Gasteiger partial charge in [-0.25, -0.2) is 0 Å². The molecule has 0 radical (unpaired) electrons. The summed E-state index contributed by atoms with van der Waals surface area (Å²) in [4.78, 5) is 9.58. The minimum absolute atomic E-state index is 0.194. The molecule has 0 aromatic heterocycles.